The molecule has 1 spiro atoms. The smallest absolute Gasteiger partial charge is 0.248 e. The molecule has 124 valence electrons. The van der Waals surface area contributed by atoms with E-state index in [1.165, 1.54) is 0 Å². The molecule has 6 nitrogen and oxygen atoms in total. The van der Waals surface area contributed by atoms with Crippen LogP contribution in [0.3, 0.4) is 0 Å². The zero-order chi connectivity index (χ0) is 16.1. The number of carbonyl (C=O) groups excluding carboxylic acids is 2. The fraction of sp³-hybridized carbons (Fsp3) is 0.875. The van der Waals surface area contributed by atoms with E-state index in [2.05, 4.69) is 12.2 Å². The Morgan fingerprint density at radius 2 is 2.00 bits per heavy atom. The molecule has 0 aromatic heterocycles. The van der Waals surface area contributed by atoms with E-state index < -0.39 is 17.7 Å². The molecule has 5 atom stereocenters. The molecular formula is C16H27N3O3. The lowest BCUT2D eigenvalue weighted by atomic mass is 9.76. The van der Waals surface area contributed by atoms with Crippen molar-refractivity contribution in [2.45, 2.75) is 76.2 Å². The molecule has 0 aromatic rings. The van der Waals surface area contributed by atoms with Gasteiger partial charge in [-0.1, -0.05) is 0 Å². The Morgan fingerprint density at radius 1 is 1.36 bits per heavy atom. The predicted molar refractivity (Wildman–Crippen MR) is 82.2 cm³/mol. The van der Waals surface area contributed by atoms with Gasteiger partial charge < -0.3 is 14.9 Å². The summed E-state index contributed by atoms with van der Waals surface area (Å²) in [6.07, 6.45) is 2.95. The van der Waals surface area contributed by atoms with Gasteiger partial charge in [-0.2, -0.15) is 0 Å². The Morgan fingerprint density at radius 3 is 2.45 bits per heavy atom. The number of hydrogen-bond acceptors (Lipinski definition) is 4. The van der Waals surface area contributed by atoms with Gasteiger partial charge in [0.05, 0.1) is 12.1 Å². The number of rotatable bonds is 3. The summed E-state index contributed by atoms with van der Waals surface area (Å²) in [5.74, 6) is -0.128. The number of nitrogens with zero attached hydrogens (tertiary/aromatic N) is 2. The second-order valence-electron chi connectivity index (χ2n) is 7.16. The number of likely N-dealkylation sites (tertiary alicyclic amines) is 2. The first-order chi connectivity index (χ1) is 10.4. The maximum atomic E-state index is 12.8. The maximum absolute atomic E-state index is 12.8. The molecule has 3 heterocycles. The second kappa shape index (κ2) is 5.49. The van der Waals surface area contributed by atoms with Crippen LogP contribution in [0.15, 0.2) is 0 Å². The molecule has 3 aliphatic heterocycles. The first kappa shape index (κ1) is 15.7. The van der Waals surface area contributed by atoms with Crippen molar-refractivity contribution in [2.24, 2.45) is 0 Å². The Labute approximate surface area is 131 Å². The summed E-state index contributed by atoms with van der Waals surface area (Å²) in [6.45, 7) is 7.14. The van der Waals surface area contributed by atoms with Gasteiger partial charge in [-0.15, -0.1) is 0 Å². The van der Waals surface area contributed by atoms with Crippen LogP contribution < -0.4 is 5.32 Å². The summed E-state index contributed by atoms with van der Waals surface area (Å²) in [5, 5.41) is 13.5. The van der Waals surface area contributed by atoms with Gasteiger partial charge in [-0.05, 0) is 46.5 Å². The predicted octanol–water partition coefficient (Wildman–Crippen LogP) is 0.0996. The molecule has 5 unspecified atom stereocenters. The summed E-state index contributed by atoms with van der Waals surface area (Å²) in [7, 11) is 0. The molecule has 3 rings (SSSR count). The van der Waals surface area contributed by atoms with Gasteiger partial charge in [-0.25, -0.2) is 0 Å². The van der Waals surface area contributed by atoms with E-state index in [1.54, 1.807) is 16.7 Å². The number of nitrogens with one attached hydrogen (secondary N) is 1. The van der Waals surface area contributed by atoms with Gasteiger partial charge in [-0.3, -0.25) is 14.9 Å². The van der Waals surface area contributed by atoms with E-state index in [9.17, 15) is 14.7 Å². The van der Waals surface area contributed by atoms with Gasteiger partial charge in [0, 0.05) is 19.1 Å². The quantitative estimate of drug-likeness (QED) is 0.725. The number of aliphatic hydroxyl groups is 1. The maximum Gasteiger partial charge on any atom is 0.248 e. The van der Waals surface area contributed by atoms with Gasteiger partial charge in [0.1, 0.15) is 11.6 Å². The van der Waals surface area contributed by atoms with E-state index in [0.717, 1.165) is 38.8 Å². The average molecular weight is 309 g/mol. The molecule has 3 fully saturated rings. The number of carbonyl (C=O) groups is 2. The van der Waals surface area contributed by atoms with Crippen molar-refractivity contribution in [3.8, 4) is 0 Å². The molecule has 3 saturated heterocycles. The third-order valence-corrected chi connectivity index (χ3v) is 5.65. The number of amides is 2. The van der Waals surface area contributed by atoms with Crippen molar-refractivity contribution >= 4 is 11.8 Å². The Kier molecular flexibility index (Phi) is 3.93. The third kappa shape index (κ3) is 2.15. The minimum absolute atomic E-state index is 0.0252. The lowest BCUT2D eigenvalue weighted by molar-refractivity contribution is -0.176. The van der Waals surface area contributed by atoms with E-state index in [1.807, 2.05) is 6.92 Å². The lowest BCUT2D eigenvalue weighted by Gasteiger charge is -2.56. The van der Waals surface area contributed by atoms with E-state index in [0.29, 0.717) is 6.04 Å². The Hall–Kier alpha value is -1.14. The summed E-state index contributed by atoms with van der Waals surface area (Å²) in [5.41, 5.74) is -0.516. The number of aliphatic hydroxyl groups excluding tert-OH is 1. The highest BCUT2D eigenvalue weighted by Crippen LogP contribution is 2.41. The van der Waals surface area contributed by atoms with Crippen LogP contribution in [0.5, 0.6) is 0 Å². The minimum atomic E-state index is -0.851. The molecule has 0 radical (unpaired) electrons. The van der Waals surface area contributed by atoms with Crippen LogP contribution in [0.4, 0.5) is 0 Å². The molecule has 6 heteroatoms. The monoisotopic (exact) mass is 309 g/mol. The van der Waals surface area contributed by atoms with Crippen LogP contribution in [0, 0.1) is 0 Å². The third-order valence-electron chi connectivity index (χ3n) is 5.65. The summed E-state index contributed by atoms with van der Waals surface area (Å²) < 4.78 is 0. The van der Waals surface area contributed by atoms with Crippen LogP contribution in [0.1, 0.15) is 46.5 Å². The fourth-order valence-corrected chi connectivity index (χ4v) is 4.33. The van der Waals surface area contributed by atoms with Gasteiger partial charge in [0.25, 0.3) is 0 Å². The van der Waals surface area contributed by atoms with Crippen molar-refractivity contribution in [3.63, 3.8) is 0 Å². The van der Waals surface area contributed by atoms with Crippen molar-refractivity contribution in [1.82, 2.24) is 15.1 Å². The number of hydrogen-bond donors (Lipinski definition) is 2. The number of β-lactam (4-membered cyclic amide) rings is 1. The van der Waals surface area contributed by atoms with E-state index in [-0.39, 0.29) is 17.9 Å². The Bertz CT molecular complexity index is 475. The van der Waals surface area contributed by atoms with Gasteiger partial charge >= 0.3 is 0 Å². The van der Waals surface area contributed by atoms with Crippen molar-refractivity contribution in [3.05, 3.63) is 0 Å². The molecule has 0 saturated carbocycles. The zero-order valence-electron chi connectivity index (χ0n) is 13.7. The van der Waals surface area contributed by atoms with Gasteiger partial charge in [0.2, 0.25) is 11.8 Å². The van der Waals surface area contributed by atoms with Crippen LogP contribution in [-0.4, -0.2) is 69.6 Å². The van der Waals surface area contributed by atoms with Crippen molar-refractivity contribution in [2.75, 3.05) is 13.1 Å². The lowest BCUT2D eigenvalue weighted by Crippen LogP contribution is -2.81. The molecule has 3 aliphatic rings. The highest BCUT2D eigenvalue weighted by atomic mass is 16.3. The van der Waals surface area contributed by atoms with Crippen molar-refractivity contribution in [1.29, 1.82) is 0 Å². The second-order valence-corrected chi connectivity index (χ2v) is 7.16. The van der Waals surface area contributed by atoms with Crippen molar-refractivity contribution < 1.29 is 14.7 Å². The molecule has 2 N–H and O–H groups in total. The Balaban J connectivity index is 1.79. The topological polar surface area (TPSA) is 72.9 Å². The SMILES string of the molecule is CC1CCC2(N1)C(=O)N(C(C(=O)N1CCCC1)C(C)O)C2C. The molecular weight excluding hydrogens is 282 g/mol. The largest absolute Gasteiger partial charge is 0.391 e. The average Bonchev–Trinajstić information content (AvgIpc) is 3.13. The summed E-state index contributed by atoms with van der Waals surface area (Å²) in [6, 6.07) is -0.479. The van der Waals surface area contributed by atoms with Crippen LogP contribution in [-0.2, 0) is 9.59 Å². The van der Waals surface area contributed by atoms with Gasteiger partial charge in [0.15, 0.2) is 0 Å². The standard InChI is InChI=1S/C16H27N3O3/c1-10-6-7-16(17-10)12(3)19(15(16)22)13(11(2)20)14(21)18-8-4-5-9-18/h10-13,17,20H,4-9H2,1-3H3. The van der Waals surface area contributed by atoms with E-state index >= 15 is 0 Å². The summed E-state index contributed by atoms with van der Waals surface area (Å²) >= 11 is 0. The minimum Gasteiger partial charge on any atom is -0.391 e. The molecule has 0 aliphatic carbocycles. The highest BCUT2D eigenvalue weighted by Gasteiger charge is 2.63. The zero-order valence-corrected chi connectivity index (χ0v) is 13.7. The summed E-state index contributed by atoms with van der Waals surface area (Å²) in [4.78, 5) is 28.9. The first-order valence-corrected chi connectivity index (χ1v) is 8.46. The molecule has 2 amide bonds. The normalized spacial score (nSPS) is 37.5. The highest BCUT2D eigenvalue weighted by molar-refractivity contribution is 5.99. The van der Waals surface area contributed by atoms with Crippen LogP contribution in [0.25, 0.3) is 0 Å². The first-order valence-electron chi connectivity index (χ1n) is 8.46. The van der Waals surface area contributed by atoms with Crippen LogP contribution in [0.2, 0.25) is 0 Å². The van der Waals surface area contributed by atoms with Crippen LogP contribution >= 0.6 is 0 Å². The van der Waals surface area contributed by atoms with E-state index in [4.69, 9.17) is 0 Å². The molecule has 0 aromatic carbocycles. The molecule has 22 heavy (non-hydrogen) atoms. The molecule has 0 bridgehead atoms. The fourth-order valence-electron chi connectivity index (χ4n) is 4.33.